The van der Waals surface area contributed by atoms with Crippen molar-refractivity contribution in [3.05, 3.63) is 30.5 Å². The summed E-state index contributed by atoms with van der Waals surface area (Å²) in [5.41, 5.74) is 6.83. The highest BCUT2D eigenvalue weighted by Gasteiger charge is 2.31. The molecule has 18 heavy (non-hydrogen) atoms. The number of rotatable bonds is 2. The van der Waals surface area contributed by atoms with Crippen molar-refractivity contribution < 1.29 is 17.9 Å². The van der Waals surface area contributed by atoms with E-state index in [1.54, 1.807) is 13.1 Å². The van der Waals surface area contributed by atoms with Crippen LogP contribution in [0.3, 0.4) is 0 Å². The molecule has 96 valence electrons. The first-order valence-electron chi connectivity index (χ1n) is 5.00. The first-order valence-corrected chi connectivity index (χ1v) is 5.00. The maximum atomic E-state index is 12.1. The van der Waals surface area contributed by atoms with Crippen LogP contribution in [-0.4, -0.2) is 16.1 Å². The van der Waals surface area contributed by atoms with Gasteiger partial charge in [0.25, 0.3) is 0 Å². The lowest BCUT2D eigenvalue weighted by Crippen LogP contribution is -2.17. The average Bonchev–Trinajstić information content (AvgIpc) is 2.58. The lowest BCUT2D eigenvalue weighted by molar-refractivity contribution is -0.274. The van der Waals surface area contributed by atoms with Gasteiger partial charge in [0, 0.05) is 12.6 Å². The summed E-state index contributed by atoms with van der Waals surface area (Å²) in [6.07, 6.45) is -3.22. The molecular formula is C11H10F3N3O. The zero-order valence-corrected chi connectivity index (χ0v) is 9.40. The molecule has 7 heteroatoms. The lowest BCUT2D eigenvalue weighted by Gasteiger charge is -2.09. The molecule has 0 saturated carbocycles. The van der Waals surface area contributed by atoms with E-state index >= 15 is 0 Å². The topological polar surface area (TPSA) is 53.1 Å². The number of nitrogens with zero attached hydrogens (tertiary/aromatic N) is 2. The smallest absolute Gasteiger partial charge is 0.406 e. The van der Waals surface area contributed by atoms with Gasteiger partial charge >= 0.3 is 6.36 Å². The van der Waals surface area contributed by atoms with E-state index in [0.29, 0.717) is 16.9 Å². The SMILES string of the molecule is Cn1ncc(-c2cccc(OC(F)(F)F)c2)c1N. The molecule has 1 aromatic heterocycles. The molecule has 0 saturated heterocycles. The highest BCUT2D eigenvalue weighted by Crippen LogP contribution is 2.30. The Morgan fingerprint density at radius 1 is 1.33 bits per heavy atom. The van der Waals surface area contributed by atoms with Gasteiger partial charge in [-0.25, -0.2) is 0 Å². The molecule has 2 N–H and O–H groups in total. The van der Waals surface area contributed by atoms with E-state index in [0.717, 1.165) is 0 Å². The van der Waals surface area contributed by atoms with Gasteiger partial charge in [0.05, 0.1) is 6.20 Å². The molecule has 0 aliphatic rings. The van der Waals surface area contributed by atoms with Crippen LogP contribution in [0.1, 0.15) is 0 Å². The number of hydrogen-bond acceptors (Lipinski definition) is 3. The summed E-state index contributed by atoms with van der Waals surface area (Å²) in [5.74, 6) is 0.0856. The molecule has 1 aromatic carbocycles. The summed E-state index contributed by atoms with van der Waals surface area (Å²) < 4.78 is 41.6. The van der Waals surface area contributed by atoms with Crippen molar-refractivity contribution >= 4 is 5.82 Å². The minimum absolute atomic E-state index is 0.289. The first kappa shape index (κ1) is 12.3. The van der Waals surface area contributed by atoms with E-state index in [2.05, 4.69) is 9.84 Å². The van der Waals surface area contributed by atoms with Crippen LogP contribution in [0.15, 0.2) is 30.5 Å². The van der Waals surface area contributed by atoms with E-state index in [1.165, 1.54) is 29.1 Å². The van der Waals surface area contributed by atoms with Crippen LogP contribution in [0.5, 0.6) is 5.75 Å². The van der Waals surface area contributed by atoms with Gasteiger partial charge in [0.2, 0.25) is 0 Å². The molecule has 0 aliphatic heterocycles. The highest BCUT2D eigenvalue weighted by atomic mass is 19.4. The van der Waals surface area contributed by atoms with Gasteiger partial charge in [-0.2, -0.15) is 5.10 Å². The number of ether oxygens (including phenoxy) is 1. The highest BCUT2D eigenvalue weighted by molar-refractivity contribution is 5.74. The first-order chi connectivity index (χ1) is 8.37. The Morgan fingerprint density at radius 2 is 2.06 bits per heavy atom. The van der Waals surface area contributed by atoms with Gasteiger partial charge in [0.1, 0.15) is 11.6 Å². The number of aromatic nitrogens is 2. The lowest BCUT2D eigenvalue weighted by atomic mass is 10.1. The zero-order chi connectivity index (χ0) is 13.3. The molecule has 0 radical (unpaired) electrons. The van der Waals surface area contributed by atoms with Crippen molar-refractivity contribution in [2.24, 2.45) is 7.05 Å². The summed E-state index contributed by atoms with van der Waals surface area (Å²) >= 11 is 0. The standard InChI is InChI=1S/C11H10F3N3O/c1-17-10(15)9(6-16-17)7-3-2-4-8(5-7)18-11(12,13)14/h2-6H,15H2,1H3. The number of anilines is 1. The number of alkyl halides is 3. The zero-order valence-electron chi connectivity index (χ0n) is 9.40. The normalized spacial score (nSPS) is 11.6. The van der Waals surface area contributed by atoms with Crippen LogP contribution in [0.4, 0.5) is 19.0 Å². The number of hydrogen-bond donors (Lipinski definition) is 1. The number of halogens is 3. The van der Waals surface area contributed by atoms with Crippen LogP contribution in [0.25, 0.3) is 11.1 Å². The molecule has 0 spiro atoms. The van der Waals surface area contributed by atoms with Gasteiger partial charge in [-0.1, -0.05) is 12.1 Å². The summed E-state index contributed by atoms with van der Waals surface area (Å²) in [6.45, 7) is 0. The Bertz CT molecular complexity index is 563. The predicted octanol–water partition coefficient (Wildman–Crippen LogP) is 2.57. The van der Waals surface area contributed by atoms with E-state index in [4.69, 9.17) is 5.73 Å². The molecule has 0 amide bonds. The van der Waals surface area contributed by atoms with Crippen molar-refractivity contribution in [1.29, 1.82) is 0 Å². The third-order valence-corrected chi connectivity index (χ3v) is 2.36. The number of benzene rings is 1. The Hall–Kier alpha value is -2.18. The molecule has 2 aromatic rings. The molecule has 0 fully saturated rings. The van der Waals surface area contributed by atoms with E-state index < -0.39 is 6.36 Å². The molecule has 1 heterocycles. The Kier molecular flexibility index (Phi) is 2.90. The van der Waals surface area contributed by atoms with Crippen LogP contribution in [0, 0.1) is 0 Å². The number of aryl methyl sites for hydroxylation is 1. The van der Waals surface area contributed by atoms with Gasteiger partial charge in [-0.15, -0.1) is 13.2 Å². The molecular weight excluding hydrogens is 247 g/mol. The molecule has 0 atom stereocenters. The quantitative estimate of drug-likeness (QED) is 0.899. The number of nitrogen functional groups attached to an aromatic ring is 1. The monoisotopic (exact) mass is 257 g/mol. The van der Waals surface area contributed by atoms with Crippen LogP contribution < -0.4 is 10.5 Å². The fraction of sp³-hybridized carbons (Fsp3) is 0.182. The maximum absolute atomic E-state index is 12.1. The van der Waals surface area contributed by atoms with Crippen molar-refractivity contribution in [2.75, 3.05) is 5.73 Å². The second kappa shape index (κ2) is 4.25. The maximum Gasteiger partial charge on any atom is 0.573 e. The molecule has 2 rings (SSSR count). The summed E-state index contributed by atoms with van der Waals surface area (Å²) in [7, 11) is 1.65. The summed E-state index contributed by atoms with van der Waals surface area (Å²) in [4.78, 5) is 0. The van der Waals surface area contributed by atoms with Gasteiger partial charge in [-0.05, 0) is 17.7 Å². The minimum atomic E-state index is -4.71. The van der Waals surface area contributed by atoms with E-state index in [-0.39, 0.29) is 5.75 Å². The minimum Gasteiger partial charge on any atom is -0.406 e. The summed E-state index contributed by atoms with van der Waals surface area (Å²) in [6, 6.07) is 5.59. The van der Waals surface area contributed by atoms with Gasteiger partial charge < -0.3 is 10.5 Å². The second-order valence-corrected chi connectivity index (χ2v) is 3.64. The van der Waals surface area contributed by atoms with Crippen LogP contribution in [0.2, 0.25) is 0 Å². The molecule has 4 nitrogen and oxygen atoms in total. The largest absolute Gasteiger partial charge is 0.573 e. The second-order valence-electron chi connectivity index (χ2n) is 3.64. The predicted molar refractivity (Wildman–Crippen MR) is 59.7 cm³/mol. The van der Waals surface area contributed by atoms with Crippen molar-refractivity contribution in [1.82, 2.24) is 9.78 Å². The van der Waals surface area contributed by atoms with Crippen molar-refractivity contribution in [2.45, 2.75) is 6.36 Å². The van der Waals surface area contributed by atoms with Crippen LogP contribution in [-0.2, 0) is 7.05 Å². The van der Waals surface area contributed by atoms with E-state index in [9.17, 15) is 13.2 Å². The Morgan fingerprint density at radius 3 is 2.61 bits per heavy atom. The van der Waals surface area contributed by atoms with Crippen molar-refractivity contribution in [3.8, 4) is 16.9 Å². The van der Waals surface area contributed by atoms with E-state index in [1.807, 2.05) is 0 Å². The molecule has 0 bridgehead atoms. The Labute approximate surface area is 101 Å². The average molecular weight is 257 g/mol. The molecule has 0 aliphatic carbocycles. The van der Waals surface area contributed by atoms with Crippen LogP contribution >= 0.6 is 0 Å². The molecule has 0 unspecified atom stereocenters. The van der Waals surface area contributed by atoms with Crippen molar-refractivity contribution in [3.63, 3.8) is 0 Å². The fourth-order valence-electron chi connectivity index (χ4n) is 1.53. The Balaban J connectivity index is 2.36. The number of nitrogens with two attached hydrogens (primary N) is 1. The fourth-order valence-corrected chi connectivity index (χ4v) is 1.53. The third-order valence-electron chi connectivity index (χ3n) is 2.36. The third kappa shape index (κ3) is 2.55. The summed E-state index contributed by atoms with van der Waals surface area (Å²) in [5, 5.41) is 3.93. The van der Waals surface area contributed by atoms with Gasteiger partial charge in [0.15, 0.2) is 0 Å². The van der Waals surface area contributed by atoms with Gasteiger partial charge in [-0.3, -0.25) is 4.68 Å².